The molecule has 1 atom stereocenters. The van der Waals surface area contributed by atoms with Crippen LogP contribution in [0.15, 0.2) is 63.3 Å². The van der Waals surface area contributed by atoms with Crippen LogP contribution in [0.4, 0.5) is 0 Å². The predicted octanol–water partition coefficient (Wildman–Crippen LogP) is 5.83. The topological polar surface area (TPSA) is 64.1 Å². The summed E-state index contributed by atoms with van der Waals surface area (Å²) in [4.78, 5) is 12.6. The quantitative estimate of drug-likeness (QED) is 0.353. The van der Waals surface area contributed by atoms with Crippen LogP contribution in [0.25, 0.3) is 0 Å². The molecule has 5 nitrogen and oxygen atoms in total. The van der Waals surface area contributed by atoms with E-state index in [1.54, 1.807) is 18.9 Å². The third-order valence-electron chi connectivity index (χ3n) is 4.48. The number of benzene rings is 2. The molecule has 0 aliphatic carbocycles. The van der Waals surface area contributed by atoms with Gasteiger partial charge in [0.05, 0.1) is 18.9 Å². The summed E-state index contributed by atoms with van der Waals surface area (Å²) in [6.07, 6.45) is 0.908. The molecule has 8 heteroatoms. The number of carbonyl (C=O) groups is 1. The van der Waals surface area contributed by atoms with Crippen molar-refractivity contribution in [3.63, 3.8) is 0 Å². The molecule has 1 heterocycles. The van der Waals surface area contributed by atoms with Crippen LogP contribution in [-0.2, 0) is 10.5 Å². The monoisotopic (exact) mass is 473 g/mol. The number of thioether (sulfide) groups is 2. The van der Waals surface area contributed by atoms with Gasteiger partial charge in [-0.2, -0.15) is 0 Å². The number of amides is 1. The summed E-state index contributed by atoms with van der Waals surface area (Å²) >= 11 is 4.61. The van der Waals surface area contributed by atoms with Crippen LogP contribution in [0.3, 0.4) is 0 Å². The van der Waals surface area contributed by atoms with Crippen LogP contribution in [0, 0.1) is 5.92 Å². The van der Waals surface area contributed by atoms with E-state index in [1.807, 2.05) is 42.5 Å². The van der Waals surface area contributed by atoms with E-state index < -0.39 is 0 Å². The van der Waals surface area contributed by atoms with Gasteiger partial charge in [-0.05, 0) is 35.6 Å². The number of rotatable bonds is 11. The summed E-state index contributed by atoms with van der Waals surface area (Å²) in [5.41, 5.74) is 2.34. The Morgan fingerprint density at radius 3 is 2.35 bits per heavy atom. The highest BCUT2D eigenvalue weighted by atomic mass is 32.2. The van der Waals surface area contributed by atoms with Crippen molar-refractivity contribution >= 4 is 40.8 Å². The fourth-order valence-electron chi connectivity index (χ4n) is 2.98. The van der Waals surface area contributed by atoms with Crippen molar-refractivity contribution in [2.24, 2.45) is 5.92 Å². The SMILES string of the molecule is COc1ccc(CSc2nnc(SCC(=O)NC(CC(C)C)c3ccccc3)s2)cc1. The second kappa shape index (κ2) is 12.1. The minimum absolute atomic E-state index is 0.0159. The Hall–Kier alpha value is -2.03. The lowest BCUT2D eigenvalue weighted by atomic mass is 9.97. The van der Waals surface area contributed by atoms with Crippen LogP contribution in [0.5, 0.6) is 5.75 Å². The first-order valence-corrected chi connectivity index (χ1v) is 12.9. The van der Waals surface area contributed by atoms with Gasteiger partial charge in [0.1, 0.15) is 5.75 Å². The fourth-order valence-corrected chi connectivity index (χ4v) is 5.77. The summed E-state index contributed by atoms with van der Waals surface area (Å²) in [6, 6.07) is 18.2. The number of carbonyl (C=O) groups excluding carboxylic acids is 1. The van der Waals surface area contributed by atoms with E-state index in [4.69, 9.17) is 4.74 Å². The van der Waals surface area contributed by atoms with Crippen molar-refractivity contribution in [1.82, 2.24) is 15.5 Å². The van der Waals surface area contributed by atoms with E-state index >= 15 is 0 Å². The van der Waals surface area contributed by atoms with E-state index in [9.17, 15) is 4.79 Å². The molecule has 0 saturated carbocycles. The molecule has 2 aromatic carbocycles. The van der Waals surface area contributed by atoms with Gasteiger partial charge < -0.3 is 10.1 Å². The van der Waals surface area contributed by atoms with Crippen LogP contribution in [0.1, 0.15) is 37.4 Å². The molecule has 0 aliphatic rings. The minimum atomic E-state index is 0.0159. The lowest BCUT2D eigenvalue weighted by Crippen LogP contribution is -2.30. The Morgan fingerprint density at radius 2 is 1.71 bits per heavy atom. The third kappa shape index (κ3) is 7.87. The molecule has 0 spiro atoms. The summed E-state index contributed by atoms with van der Waals surface area (Å²) in [6.45, 7) is 4.34. The highest BCUT2D eigenvalue weighted by Crippen LogP contribution is 2.31. The smallest absolute Gasteiger partial charge is 0.230 e. The molecule has 3 rings (SSSR count). The van der Waals surface area contributed by atoms with Gasteiger partial charge in [0.2, 0.25) is 5.91 Å². The number of ether oxygens (including phenoxy) is 1. The van der Waals surface area contributed by atoms with Crippen molar-refractivity contribution in [3.05, 3.63) is 65.7 Å². The summed E-state index contributed by atoms with van der Waals surface area (Å²) < 4.78 is 6.90. The van der Waals surface area contributed by atoms with Gasteiger partial charge >= 0.3 is 0 Å². The Balaban J connectivity index is 1.48. The fraction of sp³-hybridized carbons (Fsp3) is 0.348. The molecule has 0 radical (unpaired) electrons. The Labute approximate surface area is 196 Å². The molecular weight excluding hydrogens is 446 g/mol. The second-order valence-corrected chi connectivity index (χ2v) is 10.8. The second-order valence-electron chi connectivity index (χ2n) is 7.42. The average Bonchev–Trinajstić information content (AvgIpc) is 3.24. The van der Waals surface area contributed by atoms with Crippen molar-refractivity contribution in [2.75, 3.05) is 12.9 Å². The number of hydrogen-bond acceptors (Lipinski definition) is 7. The van der Waals surface area contributed by atoms with Gasteiger partial charge in [-0.3, -0.25) is 4.79 Å². The first-order chi connectivity index (χ1) is 15.0. The first-order valence-electron chi connectivity index (χ1n) is 10.1. The van der Waals surface area contributed by atoms with Crippen LogP contribution >= 0.6 is 34.9 Å². The van der Waals surface area contributed by atoms with E-state index in [-0.39, 0.29) is 11.9 Å². The third-order valence-corrected chi connectivity index (χ3v) is 7.74. The zero-order valence-corrected chi connectivity index (χ0v) is 20.4. The van der Waals surface area contributed by atoms with Gasteiger partial charge in [-0.15, -0.1) is 10.2 Å². The molecule has 31 heavy (non-hydrogen) atoms. The highest BCUT2D eigenvalue weighted by Gasteiger charge is 2.17. The molecule has 0 bridgehead atoms. The van der Waals surface area contributed by atoms with E-state index in [1.165, 1.54) is 28.7 Å². The average molecular weight is 474 g/mol. The summed E-state index contributed by atoms with van der Waals surface area (Å²) in [7, 11) is 1.66. The highest BCUT2D eigenvalue weighted by molar-refractivity contribution is 8.03. The van der Waals surface area contributed by atoms with Gasteiger partial charge in [0.25, 0.3) is 0 Å². The van der Waals surface area contributed by atoms with Crippen molar-refractivity contribution in [1.29, 1.82) is 0 Å². The zero-order valence-electron chi connectivity index (χ0n) is 17.9. The van der Waals surface area contributed by atoms with E-state index in [2.05, 4.69) is 41.5 Å². The molecule has 0 aliphatic heterocycles. The zero-order chi connectivity index (χ0) is 22.1. The number of aromatic nitrogens is 2. The first kappa shape index (κ1) is 23.6. The van der Waals surface area contributed by atoms with E-state index in [0.717, 1.165) is 32.2 Å². The van der Waals surface area contributed by atoms with Gasteiger partial charge in [-0.1, -0.05) is 91.2 Å². The molecule has 164 valence electrons. The minimum Gasteiger partial charge on any atom is -0.497 e. The molecule has 1 N–H and O–H groups in total. The van der Waals surface area contributed by atoms with E-state index in [0.29, 0.717) is 11.7 Å². The van der Waals surface area contributed by atoms with Gasteiger partial charge in [0, 0.05) is 5.75 Å². The van der Waals surface area contributed by atoms with Crippen molar-refractivity contribution in [3.8, 4) is 5.75 Å². The Kier molecular flexibility index (Phi) is 9.24. The molecule has 0 saturated heterocycles. The number of nitrogens with one attached hydrogen (secondary N) is 1. The maximum absolute atomic E-state index is 12.6. The molecule has 1 unspecified atom stereocenters. The van der Waals surface area contributed by atoms with Gasteiger partial charge in [0.15, 0.2) is 8.68 Å². The molecule has 1 amide bonds. The Bertz CT molecular complexity index is 946. The maximum Gasteiger partial charge on any atom is 0.230 e. The lowest BCUT2D eigenvalue weighted by Gasteiger charge is -2.21. The lowest BCUT2D eigenvalue weighted by molar-refractivity contribution is -0.119. The maximum atomic E-state index is 12.6. The normalized spacial score (nSPS) is 12.0. The number of methoxy groups -OCH3 is 1. The van der Waals surface area contributed by atoms with Crippen LogP contribution in [0.2, 0.25) is 0 Å². The van der Waals surface area contributed by atoms with Crippen molar-refractivity contribution < 1.29 is 9.53 Å². The van der Waals surface area contributed by atoms with Crippen molar-refractivity contribution in [2.45, 2.75) is 40.7 Å². The largest absolute Gasteiger partial charge is 0.497 e. The van der Waals surface area contributed by atoms with Crippen LogP contribution < -0.4 is 10.1 Å². The summed E-state index contributed by atoms with van der Waals surface area (Å²) in [5, 5.41) is 11.6. The summed E-state index contributed by atoms with van der Waals surface area (Å²) in [5.74, 6) is 2.51. The Morgan fingerprint density at radius 1 is 1.03 bits per heavy atom. The molecule has 0 fully saturated rings. The molecule has 3 aromatic rings. The number of nitrogens with zero attached hydrogens (tertiary/aromatic N) is 2. The predicted molar refractivity (Wildman–Crippen MR) is 130 cm³/mol. The standard InChI is InChI=1S/C23H27N3O2S3/c1-16(2)13-20(18-7-5-4-6-8-18)24-21(27)15-30-23-26-25-22(31-23)29-14-17-9-11-19(28-3)12-10-17/h4-12,16,20H,13-15H2,1-3H3,(H,24,27). The van der Waals surface area contributed by atoms with Crippen LogP contribution in [-0.4, -0.2) is 29.0 Å². The molecule has 1 aromatic heterocycles. The number of hydrogen-bond donors (Lipinski definition) is 1. The molecular formula is C23H27N3O2S3. The van der Waals surface area contributed by atoms with Gasteiger partial charge in [-0.25, -0.2) is 0 Å².